The summed E-state index contributed by atoms with van der Waals surface area (Å²) in [4.78, 5) is 14.7. The molecular weight excluding hydrogens is 174 g/mol. The zero-order valence-corrected chi connectivity index (χ0v) is 6.99. The minimum atomic E-state index is -0.900. The molecule has 2 heterocycles. The van der Waals surface area contributed by atoms with Gasteiger partial charge in [0.25, 0.3) is 0 Å². The fraction of sp³-hybridized carbons (Fsp3) is 0.250. The Labute approximate surface area is 73.9 Å². The van der Waals surface area contributed by atoms with E-state index in [2.05, 4.69) is 4.99 Å². The first-order valence-electron chi connectivity index (χ1n) is 3.58. The molecule has 0 saturated carbocycles. The smallest absolute Gasteiger partial charge is 0.336 e. The van der Waals surface area contributed by atoms with Gasteiger partial charge >= 0.3 is 5.97 Å². The van der Waals surface area contributed by atoms with Crippen LogP contribution in [0.3, 0.4) is 0 Å². The first-order valence-corrected chi connectivity index (χ1v) is 4.52. The van der Waals surface area contributed by atoms with Crippen molar-refractivity contribution < 1.29 is 9.90 Å². The molecule has 0 saturated heterocycles. The number of aliphatic carboxylic acids is 1. The van der Waals surface area contributed by atoms with Crippen LogP contribution in [-0.4, -0.2) is 22.7 Å². The van der Waals surface area contributed by atoms with E-state index in [0.717, 1.165) is 0 Å². The monoisotopic (exact) mass is 181 g/mol. The number of dihydropyridines is 1. The Kier molecular flexibility index (Phi) is 1.77. The fourth-order valence-electron chi connectivity index (χ4n) is 1.21. The molecule has 2 aliphatic heterocycles. The Morgan fingerprint density at radius 2 is 2.50 bits per heavy atom. The molecule has 1 N–H and O–H groups in total. The van der Waals surface area contributed by atoms with Crippen LogP contribution >= 0.6 is 11.8 Å². The van der Waals surface area contributed by atoms with Crippen molar-refractivity contribution in [1.29, 1.82) is 0 Å². The van der Waals surface area contributed by atoms with Crippen LogP contribution in [0.1, 0.15) is 0 Å². The van der Waals surface area contributed by atoms with E-state index >= 15 is 0 Å². The van der Waals surface area contributed by atoms with Gasteiger partial charge in [-0.15, -0.1) is 11.8 Å². The first-order chi connectivity index (χ1) is 5.77. The van der Waals surface area contributed by atoms with Crippen molar-refractivity contribution in [2.24, 2.45) is 10.9 Å². The highest BCUT2D eigenvalue weighted by atomic mass is 32.2. The lowest BCUT2D eigenvalue weighted by molar-refractivity contribution is -0.132. The van der Waals surface area contributed by atoms with Crippen molar-refractivity contribution in [2.75, 3.05) is 0 Å². The number of nitrogens with zero attached hydrogens (tertiary/aromatic N) is 1. The lowest BCUT2D eigenvalue weighted by Gasteiger charge is -2.14. The highest BCUT2D eigenvalue weighted by Gasteiger charge is 2.25. The maximum Gasteiger partial charge on any atom is 0.336 e. The minimum absolute atomic E-state index is 0.172. The van der Waals surface area contributed by atoms with Gasteiger partial charge in [-0.3, -0.25) is 4.99 Å². The van der Waals surface area contributed by atoms with Gasteiger partial charge < -0.3 is 5.11 Å². The van der Waals surface area contributed by atoms with E-state index in [-0.39, 0.29) is 11.3 Å². The molecule has 0 radical (unpaired) electrons. The molecule has 2 aliphatic rings. The van der Waals surface area contributed by atoms with Gasteiger partial charge in [0.2, 0.25) is 0 Å². The first kappa shape index (κ1) is 7.61. The van der Waals surface area contributed by atoms with Gasteiger partial charge in [0.05, 0.1) is 5.57 Å². The molecule has 2 rings (SSSR count). The summed E-state index contributed by atoms with van der Waals surface area (Å²) in [6.07, 6.45) is 5.16. The average molecular weight is 181 g/mol. The maximum absolute atomic E-state index is 10.6. The third kappa shape index (κ3) is 1.18. The number of aliphatic imine (C=N–C) groups is 1. The second kappa shape index (κ2) is 2.79. The van der Waals surface area contributed by atoms with Gasteiger partial charge in [0.1, 0.15) is 5.37 Å². The van der Waals surface area contributed by atoms with Gasteiger partial charge in [0.15, 0.2) is 0 Å². The van der Waals surface area contributed by atoms with Crippen molar-refractivity contribution in [3.63, 3.8) is 0 Å². The number of carboxylic acids is 1. The van der Waals surface area contributed by atoms with E-state index in [9.17, 15) is 4.79 Å². The van der Waals surface area contributed by atoms with Crippen LogP contribution in [0.15, 0.2) is 28.1 Å². The van der Waals surface area contributed by atoms with Crippen LogP contribution in [0.25, 0.3) is 0 Å². The summed E-state index contributed by atoms with van der Waals surface area (Å²) in [5, 5.41) is 10.8. The van der Waals surface area contributed by atoms with Gasteiger partial charge in [-0.1, -0.05) is 12.2 Å². The summed E-state index contributed by atoms with van der Waals surface area (Å²) >= 11 is 1.62. The number of rotatable bonds is 1. The van der Waals surface area contributed by atoms with E-state index < -0.39 is 5.97 Å². The molecular formula is C8H7NO2S. The standard InChI is InChI=1S/C8H7NO2S/c10-8(11)6-3-5-1-2-12-7(5)9-4-6/h1-5,7H,(H,10,11). The number of hydrogen-bond donors (Lipinski definition) is 1. The third-order valence-electron chi connectivity index (χ3n) is 1.83. The van der Waals surface area contributed by atoms with Crippen molar-refractivity contribution in [2.45, 2.75) is 5.37 Å². The molecule has 3 nitrogen and oxygen atoms in total. The summed E-state index contributed by atoms with van der Waals surface area (Å²) in [6, 6.07) is 0. The molecule has 0 aliphatic carbocycles. The van der Waals surface area contributed by atoms with E-state index in [1.54, 1.807) is 17.8 Å². The van der Waals surface area contributed by atoms with Crippen molar-refractivity contribution in [3.05, 3.63) is 23.1 Å². The largest absolute Gasteiger partial charge is 0.478 e. The third-order valence-corrected chi connectivity index (χ3v) is 2.86. The van der Waals surface area contributed by atoms with Crippen LogP contribution in [-0.2, 0) is 4.79 Å². The van der Waals surface area contributed by atoms with Crippen LogP contribution < -0.4 is 0 Å². The summed E-state index contributed by atoms with van der Waals surface area (Å²) in [6.45, 7) is 0. The van der Waals surface area contributed by atoms with Crippen LogP contribution in [0.4, 0.5) is 0 Å². The van der Waals surface area contributed by atoms with Crippen molar-refractivity contribution in [1.82, 2.24) is 0 Å². The molecule has 0 amide bonds. The molecule has 0 spiro atoms. The lowest BCUT2D eigenvalue weighted by atomic mass is 10.0. The average Bonchev–Trinajstić information content (AvgIpc) is 2.49. The summed E-state index contributed by atoms with van der Waals surface area (Å²) in [5.41, 5.74) is 0.295. The van der Waals surface area contributed by atoms with Gasteiger partial charge in [-0.05, 0) is 5.41 Å². The predicted molar refractivity (Wildman–Crippen MR) is 48.2 cm³/mol. The van der Waals surface area contributed by atoms with Crippen molar-refractivity contribution in [3.8, 4) is 0 Å². The minimum Gasteiger partial charge on any atom is -0.478 e. The number of thioether (sulfide) groups is 1. The predicted octanol–water partition coefficient (Wildman–Crippen LogP) is 1.28. The Bertz CT molecular complexity index is 306. The summed E-state index contributed by atoms with van der Waals surface area (Å²) in [7, 11) is 0. The molecule has 2 atom stereocenters. The molecule has 62 valence electrons. The number of carboxylic acid groups (broad SMARTS) is 1. The summed E-state index contributed by atoms with van der Waals surface area (Å²) in [5.74, 6) is -0.728. The number of carbonyl (C=O) groups is 1. The van der Waals surface area contributed by atoms with Crippen LogP contribution in [0.2, 0.25) is 0 Å². The van der Waals surface area contributed by atoms with Crippen LogP contribution in [0.5, 0.6) is 0 Å². The van der Waals surface area contributed by atoms with E-state index in [1.165, 1.54) is 6.21 Å². The second-order valence-corrected chi connectivity index (χ2v) is 3.67. The zero-order valence-electron chi connectivity index (χ0n) is 6.18. The van der Waals surface area contributed by atoms with E-state index in [1.807, 2.05) is 11.5 Å². The molecule has 0 aromatic rings. The van der Waals surface area contributed by atoms with Gasteiger partial charge in [-0.2, -0.15) is 0 Å². The summed E-state index contributed by atoms with van der Waals surface area (Å²) < 4.78 is 0. The van der Waals surface area contributed by atoms with Gasteiger partial charge in [-0.25, -0.2) is 4.79 Å². The van der Waals surface area contributed by atoms with Crippen molar-refractivity contribution >= 4 is 23.9 Å². The number of hydrogen-bond acceptors (Lipinski definition) is 3. The molecule has 12 heavy (non-hydrogen) atoms. The molecule has 0 fully saturated rings. The maximum atomic E-state index is 10.6. The molecule has 0 aromatic carbocycles. The Hall–Kier alpha value is -1.03. The normalized spacial score (nSPS) is 31.5. The highest BCUT2D eigenvalue weighted by Crippen LogP contribution is 2.34. The lowest BCUT2D eigenvalue weighted by Crippen LogP contribution is -2.16. The molecule has 0 bridgehead atoms. The fourth-order valence-corrected chi connectivity index (χ4v) is 2.12. The van der Waals surface area contributed by atoms with Gasteiger partial charge in [0, 0.05) is 12.1 Å². The quantitative estimate of drug-likeness (QED) is 0.663. The SMILES string of the molecule is O=C(O)C1=CC2C=CSC2N=C1. The molecule has 4 heteroatoms. The van der Waals surface area contributed by atoms with E-state index in [0.29, 0.717) is 5.57 Å². The zero-order chi connectivity index (χ0) is 8.55. The molecule has 0 aromatic heterocycles. The number of fused-ring (bicyclic) bond motifs is 1. The Morgan fingerprint density at radius 1 is 1.67 bits per heavy atom. The molecule has 2 unspecified atom stereocenters. The highest BCUT2D eigenvalue weighted by molar-refractivity contribution is 8.03. The topological polar surface area (TPSA) is 49.7 Å². The van der Waals surface area contributed by atoms with E-state index in [4.69, 9.17) is 5.11 Å². The Morgan fingerprint density at radius 3 is 3.25 bits per heavy atom. The Balaban J connectivity index is 2.25. The second-order valence-electron chi connectivity index (χ2n) is 2.64. The van der Waals surface area contributed by atoms with Crippen LogP contribution in [0, 0.1) is 5.92 Å².